The molecule has 1 N–H and O–H groups in total. The standard InChI is InChI=1S/C28H34F3N7O4S/c1-42-25-9-8-22(38-27(28(29,30)31)33-34-35-38)16-21(25)17-32-24-12-13-36(18-23(24)19-6-4-3-5-7-19)26(39)20-10-14-37(15-11-20)43(2,40)41/h3-9,16,20,23-24,32H,10-15,17-18H2,1-2H3/t23-,24-/m0/s1. The molecule has 0 unspecified atom stereocenters. The summed E-state index contributed by atoms with van der Waals surface area (Å²) < 4.78 is 71.6. The summed E-state index contributed by atoms with van der Waals surface area (Å²) in [6, 6.07) is 14.4. The number of benzene rings is 2. The van der Waals surface area contributed by atoms with Gasteiger partial charge in [-0.2, -0.15) is 17.9 Å². The van der Waals surface area contributed by atoms with Gasteiger partial charge >= 0.3 is 6.18 Å². The van der Waals surface area contributed by atoms with Crippen molar-refractivity contribution in [3.05, 3.63) is 65.5 Å². The Kier molecular flexibility index (Phi) is 9.04. The molecule has 15 heteroatoms. The molecule has 1 aromatic heterocycles. The fraction of sp³-hybridized carbons (Fsp3) is 0.500. The fourth-order valence-corrected chi connectivity index (χ4v) is 6.81. The van der Waals surface area contributed by atoms with Gasteiger partial charge < -0.3 is 15.0 Å². The summed E-state index contributed by atoms with van der Waals surface area (Å²) in [7, 11) is -1.79. The third-order valence-corrected chi connectivity index (χ3v) is 9.51. The Bertz CT molecular complexity index is 1530. The number of tetrazole rings is 1. The molecule has 5 rings (SSSR count). The smallest absolute Gasteiger partial charge is 0.453 e. The summed E-state index contributed by atoms with van der Waals surface area (Å²) in [4.78, 5) is 15.4. The quantitative estimate of drug-likeness (QED) is 0.408. The van der Waals surface area contributed by atoms with Crippen molar-refractivity contribution in [2.75, 3.05) is 39.5 Å². The number of alkyl halides is 3. The van der Waals surface area contributed by atoms with E-state index in [1.165, 1.54) is 23.7 Å². The molecule has 2 aliphatic heterocycles. The number of carbonyl (C=O) groups excluding carboxylic acids is 1. The van der Waals surface area contributed by atoms with Crippen LogP contribution in [0.5, 0.6) is 5.75 Å². The molecule has 0 radical (unpaired) electrons. The Balaban J connectivity index is 1.32. The molecule has 2 aliphatic rings. The van der Waals surface area contributed by atoms with E-state index in [9.17, 15) is 26.4 Å². The highest BCUT2D eigenvalue weighted by Crippen LogP contribution is 2.32. The van der Waals surface area contributed by atoms with E-state index < -0.39 is 22.0 Å². The molecule has 0 aliphatic carbocycles. The number of likely N-dealkylation sites (tertiary alicyclic amines) is 1. The van der Waals surface area contributed by atoms with E-state index in [4.69, 9.17) is 4.74 Å². The van der Waals surface area contributed by atoms with Crippen molar-refractivity contribution < 1.29 is 31.1 Å². The van der Waals surface area contributed by atoms with Crippen LogP contribution in [0, 0.1) is 5.92 Å². The Morgan fingerprint density at radius 2 is 1.79 bits per heavy atom. The molecule has 0 bridgehead atoms. The van der Waals surface area contributed by atoms with Crippen LogP contribution in [0.25, 0.3) is 5.69 Å². The first-order chi connectivity index (χ1) is 20.5. The number of piperidine rings is 2. The van der Waals surface area contributed by atoms with Crippen molar-refractivity contribution in [3.63, 3.8) is 0 Å². The van der Waals surface area contributed by atoms with E-state index in [0.29, 0.717) is 68.0 Å². The lowest BCUT2D eigenvalue weighted by Crippen LogP contribution is -2.52. The summed E-state index contributed by atoms with van der Waals surface area (Å²) in [6.07, 6.45) is -1.89. The summed E-state index contributed by atoms with van der Waals surface area (Å²) in [5, 5.41) is 13.4. The molecule has 3 heterocycles. The molecule has 2 atom stereocenters. The summed E-state index contributed by atoms with van der Waals surface area (Å²) >= 11 is 0. The van der Waals surface area contributed by atoms with E-state index in [0.717, 1.165) is 5.56 Å². The van der Waals surface area contributed by atoms with Crippen LogP contribution in [-0.4, -0.2) is 89.3 Å². The van der Waals surface area contributed by atoms with E-state index in [1.54, 1.807) is 12.1 Å². The lowest BCUT2D eigenvalue weighted by atomic mass is 9.84. The minimum Gasteiger partial charge on any atom is -0.496 e. The maximum Gasteiger partial charge on any atom is 0.453 e. The SMILES string of the molecule is COc1ccc(-n2nnnc2C(F)(F)F)cc1CN[C@H]1CCN(C(=O)C2CCN(S(C)(=O)=O)CC2)C[C@H]1c1ccccc1. The topological polar surface area (TPSA) is 123 Å². The molecule has 11 nitrogen and oxygen atoms in total. The number of nitrogens with zero attached hydrogens (tertiary/aromatic N) is 6. The van der Waals surface area contributed by atoms with Crippen LogP contribution >= 0.6 is 0 Å². The highest BCUT2D eigenvalue weighted by atomic mass is 32.2. The lowest BCUT2D eigenvalue weighted by Gasteiger charge is -2.41. The molecule has 3 aromatic rings. The molecule has 2 aromatic carbocycles. The first kappa shape index (κ1) is 30.9. The van der Waals surface area contributed by atoms with E-state index in [-0.39, 0.29) is 29.5 Å². The van der Waals surface area contributed by atoms with Crippen molar-refractivity contribution in [3.8, 4) is 11.4 Å². The fourth-order valence-electron chi connectivity index (χ4n) is 5.94. The van der Waals surface area contributed by atoms with Crippen LogP contribution < -0.4 is 10.1 Å². The predicted octanol–water partition coefficient (Wildman–Crippen LogP) is 2.84. The predicted molar refractivity (Wildman–Crippen MR) is 151 cm³/mol. The van der Waals surface area contributed by atoms with Gasteiger partial charge in [-0.3, -0.25) is 4.79 Å². The number of hydrogen-bond donors (Lipinski definition) is 1. The summed E-state index contributed by atoms with van der Waals surface area (Å²) in [5.41, 5.74) is 1.84. The zero-order valence-electron chi connectivity index (χ0n) is 23.9. The average Bonchev–Trinajstić information content (AvgIpc) is 3.51. The Morgan fingerprint density at radius 3 is 2.44 bits per heavy atom. The van der Waals surface area contributed by atoms with Crippen LogP contribution in [0.4, 0.5) is 13.2 Å². The van der Waals surface area contributed by atoms with Crippen LogP contribution in [0.15, 0.2) is 48.5 Å². The van der Waals surface area contributed by atoms with Crippen molar-refractivity contribution in [1.82, 2.24) is 34.7 Å². The van der Waals surface area contributed by atoms with E-state index in [1.807, 2.05) is 35.2 Å². The second kappa shape index (κ2) is 12.6. The summed E-state index contributed by atoms with van der Waals surface area (Å²) in [5.74, 6) is -0.940. The Morgan fingerprint density at radius 1 is 1.07 bits per heavy atom. The molecule has 43 heavy (non-hydrogen) atoms. The van der Waals surface area contributed by atoms with Gasteiger partial charge in [0.1, 0.15) is 5.75 Å². The molecule has 232 valence electrons. The van der Waals surface area contributed by atoms with Crippen molar-refractivity contribution in [2.24, 2.45) is 5.92 Å². The second-order valence-corrected chi connectivity index (χ2v) is 12.9. The maximum atomic E-state index is 13.5. The number of carbonyl (C=O) groups is 1. The molecule has 2 saturated heterocycles. The number of methoxy groups -OCH3 is 1. The first-order valence-corrected chi connectivity index (χ1v) is 15.9. The van der Waals surface area contributed by atoms with E-state index in [2.05, 4.69) is 20.8 Å². The lowest BCUT2D eigenvalue weighted by molar-refractivity contribution is -0.146. The van der Waals surface area contributed by atoms with E-state index >= 15 is 0 Å². The van der Waals surface area contributed by atoms with Gasteiger partial charge in [-0.15, -0.1) is 5.10 Å². The molecular formula is C28H34F3N7O4S. The number of amides is 1. The normalized spacial score (nSPS) is 20.7. The minimum absolute atomic E-state index is 0.0364. The van der Waals surface area contributed by atoms with Crippen LogP contribution in [0.3, 0.4) is 0 Å². The van der Waals surface area contributed by atoms with Crippen LogP contribution in [0.1, 0.15) is 42.1 Å². The Hall–Kier alpha value is -3.56. The minimum atomic E-state index is -4.72. The van der Waals surface area contributed by atoms with Crippen molar-refractivity contribution in [2.45, 2.75) is 43.9 Å². The third-order valence-electron chi connectivity index (χ3n) is 8.21. The zero-order valence-corrected chi connectivity index (χ0v) is 24.7. The largest absolute Gasteiger partial charge is 0.496 e. The van der Waals surface area contributed by atoms with Gasteiger partial charge in [0.2, 0.25) is 15.9 Å². The number of rotatable bonds is 8. The molecule has 1 amide bonds. The number of hydrogen-bond acceptors (Lipinski definition) is 8. The molecule has 0 spiro atoms. The van der Waals surface area contributed by atoms with Gasteiger partial charge in [-0.05, 0) is 53.5 Å². The molecule has 0 saturated carbocycles. The Labute approximate surface area is 248 Å². The maximum absolute atomic E-state index is 13.5. The highest BCUT2D eigenvalue weighted by molar-refractivity contribution is 7.88. The number of aromatic nitrogens is 4. The van der Waals surface area contributed by atoms with Gasteiger partial charge in [-0.25, -0.2) is 12.7 Å². The van der Waals surface area contributed by atoms with Gasteiger partial charge in [0.15, 0.2) is 0 Å². The molecular weight excluding hydrogens is 587 g/mol. The number of halogens is 3. The number of sulfonamides is 1. The number of nitrogens with one attached hydrogen (secondary N) is 1. The van der Waals surface area contributed by atoms with Gasteiger partial charge in [-0.1, -0.05) is 30.3 Å². The van der Waals surface area contributed by atoms with Gasteiger partial charge in [0.05, 0.1) is 19.1 Å². The number of ether oxygens (including phenoxy) is 1. The van der Waals surface area contributed by atoms with Crippen LogP contribution in [-0.2, 0) is 27.5 Å². The first-order valence-electron chi connectivity index (χ1n) is 14.0. The highest BCUT2D eigenvalue weighted by Gasteiger charge is 2.39. The summed E-state index contributed by atoms with van der Waals surface area (Å²) in [6.45, 7) is 2.00. The van der Waals surface area contributed by atoms with Crippen molar-refractivity contribution >= 4 is 15.9 Å². The van der Waals surface area contributed by atoms with Gasteiger partial charge in [0, 0.05) is 56.2 Å². The molecule has 2 fully saturated rings. The average molecular weight is 622 g/mol. The van der Waals surface area contributed by atoms with Gasteiger partial charge in [0.25, 0.3) is 5.82 Å². The third kappa shape index (κ3) is 6.99. The zero-order chi connectivity index (χ0) is 30.8. The van der Waals surface area contributed by atoms with Crippen LogP contribution in [0.2, 0.25) is 0 Å². The van der Waals surface area contributed by atoms with Crippen molar-refractivity contribution in [1.29, 1.82) is 0 Å². The second-order valence-electron chi connectivity index (χ2n) is 10.9. The monoisotopic (exact) mass is 621 g/mol.